The van der Waals surface area contributed by atoms with E-state index in [0.717, 1.165) is 25.7 Å². The monoisotopic (exact) mass is 389 g/mol. The lowest BCUT2D eigenvalue weighted by Gasteiger charge is -2.22. The molecule has 2 aromatic rings. The third-order valence-electron chi connectivity index (χ3n) is 5.18. The van der Waals surface area contributed by atoms with Crippen LogP contribution in [0, 0.1) is 0 Å². The van der Waals surface area contributed by atoms with E-state index in [-0.39, 0.29) is 22.8 Å². The largest absolute Gasteiger partial charge is 0.375 e. The molecule has 6 heteroatoms. The molecule has 0 fully saturated rings. The van der Waals surface area contributed by atoms with E-state index in [1.807, 2.05) is 12.1 Å². The van der Waals surface area contributed by atoms with Gasteiger partial charge in [0.05, 0.1) is 17.1 Å². The minimum Gasteiger partial charge on any atom is -0.375 e. The summed E-state index contributed by atoms with van der Waals surface area (Å²) in [5.74, 6) is -0.960. The van der Waals surface area contributed by atoms with E-state index in [1.54, 1.807) is 6.07 Å². The Hall–Kier alpha value is -1.88. The Kier molecular flexibility index (Phi) is 4.30. The van der Waals surface area contributed by atoms with Gasteiger partial charge in [-0.1, -0.05) is 35.3 Å². The van der Waals surface area contributed by atoms with Crippen LogP contribution in [0.5, 0.6) is 0 Å². The minimum absolute atomic E-state index is 0.159. The third-order valence-corrected chi connectivity index (χ3v) is 5.70. The van der Waals surface area contributed by atoms with Crippen molar-refractivity contribution in [1.82, 2.24) is 0 Å². The van der Waals surface area contributed by atoms with Crippen LogP contribution in [0.15, 0.2) is 30.3 Å². The molecule has 0 saturated carbocycles. The highest BCUT2D eigenvalue weighted by atomic mass is 35.5. The Morgan fingerprint density at radius 1 is 1.12 bits per heavy atom. The molecule has 1 heterocycles. The number of carbonyl (C=O) groups is 2. The van der Waals surface area contributed by atoms with Crippen LogP contribution in [0.1, 0.15) is 46.3 Å². The van der Waals surface area contributed by atoms with Crippen LogP contribution < -0.4 is 5.32 Å². The molecule has 0 unspecified atom stereocenters. The summed E-state index contributed by atoms with van der Waals surface area (Å²) in [6.07, 6.45) is 3.89. The predicted octanol–water partition coefficient (Wildman–Crippen LogP) is 4.28. The molecule has 0 radical (unpaired) electrons. The summed E-state index contributed by atoms with van der Waals surface area (Å²) in [7, 11) is 0. The zero-order chi connectivity index (χ0) is 18.5. The Balaban J connectivity index is 1.67. The molecule has 0 aromatic heterocycles. The van der Waals surface area contributed by atoms with Gasteiger partial charge in [-0.3, -0.25) is 9.59 Å². The quantitative estimate of drug-likeness (QED) is 0.769. The molecule has 1 amide bonds. The first-order chi connectivity index (χ1) is 12.4. The number of carbonyl (C=O) groups excluding carboxylic acids is 2. The van der Waals surface area contributed by atoms with Crippen molar-refractivity contribution in [2.45, 2.75) is 37.7 Å². The Morgan fingerprint density at radius 3 is 2.62 bits per heavy atom. The first-order valence-electron chi connectivity index (χ1n) is 8.57. The van der Waals surface area contributed by atoms with E-state index in [9.17, 15) is 14.7 Å². The number of nitrogens with one attached hydrogen (secondary N) is 1. The van der Waals surface area contributed by atoms with Crippen LogP contribution in [0.3, 0.4) is 0 Å². The van der Waals surface area contributed by atoms with Gasteiger partial charge in [0.15, 0.2) is 11.4 Å². The average Bonchev–Trinajstić information content (AvgIpc) is 2.84. The SMILES string of the molecule is O=C(C[C@]1(O)C(=O)Nc2cc(Cl)cc(Cl)c21)c1ccc2c(c1)CCCC2. The summed E-state index contributed by atoms with van der Waals surface area (Å²) in [5, 5.41) is 14.1. The van der Waals surface area contributed by atoms with Crippen LogP contribution in [-0.4, -0.2) is 16.8 Å². The maximum absolute atomic E-state index is 12.8. The maximum Gasteiger partial charge on any atom is 0.261 e. The summed E-state index contributed by atoms with van der Waals surface area (Å²) in [6, 6.07) is 8.60. The van der Waals surface area contributed by atoms with E-state index in [0.29, 0.717) is 16.3 Å². The number of aliphatic hydroxyl groups is 1. The van der Waals surface area contributed by atoms with Gasteiger partial charge in [0.1, 0.15) is 0 Å². The number of amides is 1. The van der Waals surface area contributed by atoms with Crippen LogP contribution >= 0.6 is 23.2 Å². The zero-order valence-electron chi connectivity index (χ0n) is 13.9. The summed E-state index contributed by atoms with van der Waals surface area (Å²) >= 11 is 12.2. The van der Waals surface area contributed by atoms with Crippen LogP contribution in [0.2, 0.25) is 10.0 Å². The lowest BCUT2D eigenvalue weighted by Crippen LogP contribution is -2.36. The standard InChI is InChI=1S/C20H17Cl2NO3/c21-14-8-15(22)18-16(9-14)23-19(25)20(18,26)10-17(24)13-6-5-11-3-1-2-4-12(11)7-13/h5-9,26H,1-4,10H2,(H,23,25)/t20-/m1/s1. The minimum atomic E-state index is -2.00. The molecular formula is C20H17Cl2NO3. The molecule has 4 rings (SSSR count). The summed E-state index contributed by atoms with van der Waals surface area (Å²) in [4.78, 5) is 25.2. The third kappa shape index (κ3) is 2.82. The maximum atomic E-state index is 12.8. The molecule has 0 spiro atoms. The van der Waals surface area contributed by atoms with Crippen LogP contribution in [0.25, 0.3) is 0 Å². The van der Waals surface area contributed by atoms with E-state index in [2.05, 4.69) is 5.32 Å². The molecule has 2 aromatic carbocycles. The van der Waals surface area contributed by atoms with E-state index in [1.165, 1.54) is 23.3 Å². The fourth-order valence-corrected chi connectivity index (χ4v) is 4.49. The molecule has 1 aliphatic carbocycles. The molecule has 2 aliphatic rings. The molecule has 0 bridgehead atoms. The first kappa shape index (κ1) is 17.5. The van der Waals surface area contributed by atoms with E-state index in [4.69, 9.17) is 23.2 Å². The molecule has 0 saturated heterocycles. The topological polar surface area (TPSA) is 66.4 Å². The number of aryl methyl sites for hydroxylation is 2. The van der Waals surface area contributed by atoms with Gasteiger partial charge in [0.25, 0.3) is 5.91 Å². The van der Waals surface area contributed by atoms with Crippen molar-refractivity contribution in [2.75, 3.05) is 5.32 Å². The lowest BCUT2D eigenvalue weighted by atomic mass is 9.85. The number of fused-ring (bicyclic) bond motifs is 2. The van der Waals surface area contributed by atoms with Crippen molar-refractivity contribution >= 4 is 40.6 Å². The van der Waals surface area contributed by atoms with Crippen molar-refractivity contribution in [1.29, 1.82) is 0 Å². The fraction of sp³-hybridized carbons (Fsp3) is 0.300. The van der Waals surface area contributed by atoms with Crippen LogP contribution in [-0.2, 0) is 23.2 Å². The molecule has 4 nitrogen and oxygen atoms in total. The van der Waals surface area contributed by atoms with Gasteiger partial charge in [0.2, 0.25) is 0 Å². The highest BCUT2D eigenvalue weighted by molar-refractivity contribution is 6.36. The number of hydrogen-bond acceptors (Lipinski definition) is 3. The van der Waals surface area contributed by atoms with Gasteiger partial charge in [-0.25, -0.2) is 0 Å². The molecule has 134 valence electrons. The second-order valence-corrected chi connectivity index (χ2v) is 7.76. The number of halogens is 2. The molecule has 1 atom stereocenters. The Morgan fingerprint density at radius 2 is 1.85 bits per heavy atom. The average molecular weight is 390 g/mol. The van der Waals surface area contributed by atoms with Gasteiger partial charge in [-0.15, -0.1) is 0 Å². The molecule has 26 heavy (non-hydrogen) atoms. The van der Waals surface area contributed by atoms with Crippen molar-refractivity contribution in [2.24, 2.45) is 0 Å². The van der Waals surface area contributed by atoms with Crippen molar-refractivity contribution in [3.63, 3.8) is 0 Å². The van der Waals surface area contributed by atoms with E-state index >= 15 is 0 Å². The van der Waals surface area contributed by atoms with Gasteiger partial charge in [-0.2, -0.15) is 0 Å². The van der Waals surface area contributed by atoms with E-state index < -0.39 is 11.5 Å². The lowest BCUT2D eigenvalue weighted by molar-refractivity contribution is -0.133. The zero-order valence-corrected chi connectivity index (χ0v) is 15.5. The van der Waals surface area contributed by atoms with Crippen molar-refractivity contribution in [3.8, 4) is 0 Å². The van der Waals surface area contributed by atoms with Crippen molar-refractivity contribution in [3.05, 3.63) is 62.6 Å². The normalized spacial score (nSPS) is 21.1. The van der Waals surface area contributed by atoms with Gasteiger partial charge >= 0.3 is 0 Å². The van der Waals surface area contributed by atoms with Crippen molar-refractivity contribution < 1.29 is 14.7 Å². The summed E-state index contributed by atoms with van der Waals surface area (Å²) in [5.41, 5.74) is 1.51. The molecule has 2 N–H and O–H groups in total. The highest BCUT2D eigenvalue weighted by Crippen LogP contribution is 2.44. The second kappa shape index (κ2) is 6.38. The number of anilines is 1. The summed E-state index contributed by atoms with van der Waals surface area (Å²) in [6.45, 7) is 0. The van der Waals surface area contributed by atoms with Gasteiger partial charge in [-0.05, 0) is 55.0 Å². The number of hydrogen-bond donors (Lipinski definition) is 2. The molecular weight excluding hydrogens is 373 g/mol. The Labute approximate surface area is 161 Å². The predicted molar refractivity (Wildman–Crippen MR) is 101 cm³/mol. The first-order valence-corrected chi connectivity index (χ1v) is 9.32. The molecule has 1 aliphatic heterocycles. The Bertz CT molecular complexity index is 941. The van der Waals surface area contributed by atoms with Crippen LogP contribution in [0.4, 0.5) is 5.69 Å². The van der Waals surface area contributed by atoms with Gasteiger partial charge < -0.3 is 10.4 Å². The number of rotatable bonds is 3. The fourth-order valence-electron chi connectivity index (χ4n) is 3.84. The highest BCUT2D eigenvalue weighted by Gasteiger charge is 2.48. The second-order valence-electron chi connectivity index (χ2n) is 6.92. The number of ketones is 1. The number of Topliss-reactive ketones (excluding diaryl/α,β-unsaturated/α-hetero) is 1. The number of benzene rings is 2. The summed E-state index contributed by atoms with van der Waals surface area (Å²) < 4.78 is 0. The van der Waals surface area contributed by atoms with Gasteiger partial charge in [0, 0.05) is 16.1 Å². The smallest absolute Gasteiger partial charge is 0.261 e.